The number of phenolic OH excluding ortho intramolecular Hbond substituents is 1. The van der Waals surface area contributed by atoms with Crippen molar-refractivity contribution in [3.8, 4) is 33.5 Å². The van der Waals surface area contributed by atoms with Crippen molar-refractivity contribution < 1.29 is 23.8 Å². The van der Waals surface area contributed by atoms with E-state index >= 15 is 4.39 Å². The van der Waals surface area contributed by atoms with Crippen LogP contribution in [0.15, 0.2) is 60.7 Å². The minimum absolute atomic E-state index is 0.0839. The molecule has 3 N–H and O–H groups in total. The molecule has 0 unspecified atom stereocenters. The molecule has 8 nitrogen and oxygen atoms in total. The van der Waals surface area contributed by atoms with Gasteiger partial charge in [0.25, 0.3) is 0 Å². The molecule has 0 saturated carbocycles. The summed E-state index contributed by atoms with van der Waals surface area (Å²) in [6, 6.07) is 15.6. The number of phenols is 1. The molecule has 194 valence electrons. The standard InChI is InChI=1S/C28H25FN4O4S/c29-23-15-19(27-31-26(32-38-27)18-5-7-21(8-6-18)33-11-1-2-12-33)14-20(16-34)25(23)37-28(36)24(30)13-17-3-9-22(35)10-4-17/h3-10,14-16,24,35H,1-2,11-13,30H2/t24-/m0/s1. The molecule has 0 spiro atoms. The average Bonchev–Trinajstić information content (AvgIpc) is 3.64. The van der Waals surface area contributed by atoms with Crippen LogP contribution in [0.5, 0.6) is 11.5 Å². The summed E-state index contributed by atoms with van der Waals surface area (Å²) in [5, 5.41) is 9.81. The van der Waals surface area contributed by atoms with Crippen molar-refractivity contribution in [3.05, 3.63) is 77.6 Å². The Morgan fingerprint density at radius 1 is 1.11 bits per heavy atom. The quantitative estimate of drug-likeness (QED) is 0.192. The molecule has 3 aromatic carbocycles. The number of nitrogens with two attached hydrogens (primary N) is 1. The Kier molecular flexibility index (Phi) is 7.43. The van der Waals surface area contributed by atoms with Gasteiger partial charge in [-0.3, -0.25) is 4.79 Å². The van der Waals surface area contributed by atoms with Crippen molar-refractivity contribution in [3.63, 3.8) is 0 Å². The van der Waals surface area contributed by atoms with Gasteiger partial charge in [-0.25, -0.2) is 14.2 Å². The lowest BCUT2D eigenvalue weighted by Crippen LogP contribution is -2.36. The van der Waals surface area contributed by atoms with Gasteiger partial charge in [0.05, 0.1) is 5.56 Å². The van der Waals surface area contributed by atoms with Crippen LogP contribution in [0.25, 0.3) is 22.0 Å². The molecule has 1 aliphatic heterocycles. The number of aromatic nitrogens is 2. The fourth-order valence-corrected chi connectivity index (χ4v) is 5.00. The largest absolute Gasteiger partial charge is 0.508 e. The smallest absolute Gasteiger partial charge is 0.328 e. The van der Waals surface area contributed by atoms with E-state index in [0.29, 0.717) is 28.2 Å². The number of aldehydes is 1. The van der Waals surface area contributed by atoms with Crippen LogP contribution in [-0.4, -0.2) is 45.9 Å². The maximum absolute atomic E-state index is 15.0. The molecular weight excluding hydrogens is 507 g/mol. The molecule has 1 atom stereocenters. The Balaban J connectivity index is 1.31. The summed E-state index contributed by atoms with van der Waals surface area (Å²) < 4.78 is 24.6. The molecule has 4 aromatic rings. The Morgan fingerprint density at radius 2 is 1.82 bits per heavy atom. The van der Waals surface area contributed by atoms with E-state index in [1.54, 1.807) is 12.1 Å². The fourth-order valence-electron chi connectivity index (χ4n) is 4.33. The Morgan fingerprint density at radius 3 is 2.50 bits per heavy atom. The number of aromatic hydroxyl groups is 1. The number of hydrogen-bond acceptors (Lipinski definition) is 9. The van der Waals surface area contributed by atoms with E-state index < -0.39 is 23.6 Å². The van der Waals surface area contributed by atoms with Crippen molar-refractivity contribution >= 4 is 29.5 Å². The van der Waals surface area contributed by atoms with Gasteiger partial charge in [0.1, 0.15) is 16.8 Å². The van der Waals surface area contributed by atoms with Gasteiger partial charge >= 0.3 is 5.97 Å². The zero-order valence-electron chi connectivity index (χ0n) is 20.3. The van der Waals surface area contributed by atoms with E-state index in [2.05, 4.69) is 14.3 Å². The van der Waals surface area contributed by atoms with Crippen molar-refractivity contribution in [2.24, 2.45) is 5.73 Å². The molecule has 0 amide bonds. The van der Waals surface area contributed by atoms with Crippen LogP contribution in [-0.2, 0) is 11.2 Å². The van der Waals surface area contributed by atoms with E-state index in [-0.39, 0.29) is 17.7 Å². The molecular formula is C28H25FN4O4S. The first-order valence-electron chi connectivity index (χ1n) is 12.1. The molecule has 1 saturated heterocycles. The zero-order chi connectivity index (χ0) is 26.6. The summed E-state index contributed by atoms with van der Waals surface area (Å²) in [6.45, 7) is 2.11. The van der Waals surface area contributed by atoms with Gasteiger partial charge in [0.2, 0.25) is 0 Å². The summed E-state index contributed by atoms with van der Waals surface area (Å²) in [4.78, 5) is 31.1. The summed E-state index contributed by atoms with van der Waals surface area (Å²) in [5.41, 5.74) is 8.82. The highest BCUT2D eigenvalue weighted by atomic mass is 32.1. The predicted octanol–water partition coefficient (Wildman–Crippen LogP) is 4.60. The number of hydrogen-bond donors (Lipinski definition) is 2. The number of carbonyl (C=O) groups excluding carboxylic acids is 2. The van der Waals surface area contributed by atoms with E-state index in [9.17, 15) is 14.7 Å². The fraction of sp³-hybridized carbons (Fsp3) is 0.214. The van der Waals surface area contributed by atoms with E-state index in [4.69, 9.17) is 10.5 Å². The summed E-state index contributed by atoms with van der Waals surface area (Å²) >= 11 is 1.08. The molecule has 38 heavy (non-hydrogen) atoms. The highest BCUT2D eigenvalue weighted by Gasteiger charge is 2.23. The van der Waals surface area contributed by atoms with Crippen LogP contribution in [0.1, 0.15) is 28.8 Å². The van der Waals surface area contributed by atoms with Crippen LogP contribution in [0.2, 0.25) is 0 Å². The molecule has 1 fully saturated rings. The van der Waals surface area contributed by atoms with Gasteiger partial charge < -0.3 is 20.5 Å². The zero-order valence-corrected chi connectivity index (χ0v) is 21.2. The van der Waals surface area contributed by atoms with Crippen molar-refractivity contribution in [1.29, 1.82) is 0 Å². The Bertz CT molecular complexity index is 1450. The minimum atomic E-state index is -1.10. The van der Waals surface area contributed by atoms with Gasteiger partial charge in [0, 0.05) is 29.9 Å². The van der Waals surface area contributed by atoms with Crippen LogP contribution < -0.4 is 15.4 Å². The first-order valence-corrected chi connectivity index (χ1v) is 12.9. The number of ether oxygens (including phenoxy) is 1. The number of rotatable bonds is 8. The third-order valence-corrected chi connectivity index (χ3v) is 7.13. The van der Waals surface area contributed by atoms with Gasteiger partial charge in [-0.05, 0) is 84.9 Å². The van der Waals surface area contributed by atoms with Crippen LogP contribution in [0.3, 0.4) is 0 Å². The predicted molar refractivity (Wildman–Crippen MR) is 143 cm³/mol. The maximum Gasteiger partial charge on any atom is 0.328 e. The lowest BCUT2D eigenvalue weighted by atomic mass is 10.1. The lowest BCUT2D eigenvalue weighted by Gasteiger charge is -2.17. The first kappa shape index (κ1) is 25.5. The SMILES string of the molecule is N[C@@H](Cc1ccc(O)cc1)C(=O)Oc1c(F)cc(-c2nc(-c3ccc(N4CCCC4)cc3)ns2)cc1C=O. The highest BCUT2D eigenvalue weighted by molar-refractivity contribution is 7.09. The minimum Gasteiger partial charge on any atom is -0.508 e. The Hall–Kier alpha value is -4.15. The molecule has 10 heteroatoms. The molecule has 0 aliphatic carbocycles. The van der Waals surface area contributed by atoms with Crippen molar-refractivity contribution in [2.75, 3.05) is 18.0 Å². The number of nitrogens with zero attached hydrogens (tertiary/aromatic N) is 3. The van der Waals surface area contributed by atoms with Gasteiger partial charge in [-0.2, -0.15) is 4.37 Å². The normalized spacial score (nSPS) is 13.9. The number of esters is 1. The number of benzene rings is 3. The highest BCUT2D eigenvalue weighted by Crippen LogP contribution is 2.32. The van der Waals surface area contributed by atoms with Crippen molar-refractivity contribution in [2.45, 2.75) is 25.3 Å². The van der Waals surface area contributed by atoms with Gasteiger partial charge in [-0.1, -0.05) is 12.1 Å². The first-order chi connectivity index (χ1) is 18.4. The monoisotopic (exact) mass is 532 g/mol. The third kappa shape index (κ3) is 5.56. The Labute approximate surface area is 222 Å². The summed E-state index contributed by atoms with van der Waals surface area (Å²) in [7, 11) is 0. The van der Waals surface area contributed by atoms with Crippen LogP contribution in [0.4, 0.5) is 10.1 Å². The second-order valence-corrected chi connectivity index (χ2v) is 9.81. The number of halogens is 1. The second-order valence-electron chi connectivity index (χ2n) is 9.06. The van der Waals surface area contributed by atoms with Gasteiger partial charge in [-0.15, -0.1) is 0 Å². The second kappa shape index (κ2) is 11.1. The van der Waals surface area contributed by atoms with E-state index in [0.717, 1.165) is 41.9 Å². The summed E-state index contributed by atoms with van der Waals surface area (Å²) in [6.07, 6.45) is 2.92. The summed E-state index contributed by atoms with van der Waals surface area (Å²) in [5.74, 6) is -1.68. The van der Waals surface area contributed by atoms with E-state index in [1.165, 1.54) is 31.0 Å². The lowest BCUT2D eigenvalue weighted by molar-refractivity contribution is -0.136. The van der Waals surface area contributed by atoms with E-state index in [1.807, 2.05) is 24.3 Å². The average molecular weight is 533 g/mol. The molecule has 1 aliphatic rings. The van der Waals surface area contributed by atoms with Crippen molar-refractivity contribution in [1.82, 2.24) is 9.36 Å². The molecule has 0 bridgehead atoms. The van der Waals surface area contributed by atoms with Crippen LogP contribution >= 0.6 is 11.5 Å². The maximum atomic E-state index is 15.0. The topological polar surface area (TPSA) is 119 Å². The molecule has 2 heterocycles. The number of carbonyl (C=O) groups is 2. The van der Waals surface area contributed by atoms with Crippen LogP contribution in [0, 0.1) is 5.82 Å². The van der Waals surface area contributed by atoms with Gasteiger partial charge in [0.15, 0.2) is 23.7 Å². The number of anilines is 1. The third-order valence-electron chi connectivity index (χ3n) is 6.37. The molecule has 5 rings (SSSR count). The molecule has 0 radical (unpaired) electrons. The molecule has 1 aromatic heterocycles.